The average Bonchev–Trinajstić information content (AvgIpc) is 2.74. The largest absolute Gasteiger partial charge is 0.507 e. The third-order valence-corrected chi connectivity index (χ3v) is 6.45. The standard InChI is InChI=1S/C25H31N3O2/c1-17(2)19-8-10-20(11-9-19)22-16-23(21-6-4-5-7-24(21)30)27-25(26-22)12-14-28(15-13-25)18(3)29/h4-11,17,22,26,30H,12-16H2,1-3H3/t22-/m1/s1. The maximum Gasteiger partial charge on any atom is 0.219 e. The van der Waals surface area contributed by atoms with Crippen LogP contribution in [-0.4, -0.2) is 40.4 Å². The fraction of sp³-hybridized carbons (Fsp3) is 0.440. The highest BCUT2D eigenvalue weighted by Gasteiger charge is 2.40. The van der Waals surface area contributed by atoms with E-state index in [4.69, 9.17) is 4.99 Å². The van der Waals surface area contributed by atoms with Crippen LogP contribution in [0.4, 0.5) is 0 Å². The molecule has 4 rings (SSSR count). The summed E-state index contributed by atoms with van der Waals surface area (Å²) < 4.78 is 0. The first-order valence-corrected chi connectivity index (χ1v) is 10.9. The van der Waals surface area contributed by atoms with Crippen LogP contribution < -0.4 is 5.32 Å². The predicted molar refractivity (Wildman–Crippen MR) is 120 cm³/mol. The van der Waals surface area contributed by atoms with Gasteiger partial charge in [-0.15, -0.1) is 0 Å². The van der Waals surface area contributed by atoms with Crippen LogP contribution in [-0.2, 0) is 4.79 Å². The molecule has 0 saturated carbocycles. The van der Waals surface area contributed by atoms with Crippen molar-refractivity contribution in [3.63, 3.8) is 0 Å². The van der Waals surface area contributed by atoms with Crippen molar-refractivity contribution < 1.29 is 9.90 Å². The van der Waals surface area contributed by atoms with Crippen molar-refractivity contribution in [2.24, 2.45) is 4.99 Å². The molecular formula is C25H31N3O2. The van der Waals surface area contributed by atoms with Crippen LogP contribution >= 0.6 is 0 Å². The summed E-state index contributed by atoms with van der Waals surface area (Å²) in [5, 5.41) is 14.3. The first kappa shape index (κ1) is 20.6. The summed E-state index contributed by atoms with van der Waals surface area (Å²) in [5.74, 6) is 0.883. The Morgan fingerprint density at radius 3 is 2.40 bits per heavy atom. The Hall–Kier alpha value is -2.66. The Morgan fingerprint density at radius 1 is 1.13 bits per heavy atom. The Bertz CT molecular complexity index is 941. The highest BCUT2D eigenvalue weighted by molar-refractivity contribution is 6.03. The molecule has 2 aliphatic rings. The molecule has 0 radical (unpaired) electrons. The first-order chi connectivity index (χ1) is 14.4. The normalized spacial score (nSPS) is 21.0. The molecule has 0 unspecified atom stereocenters. The second-order valence-electron chi connectivity index (χ2n) is 8.84. The van der Waals surface area contributed by atoms with Crippen molar-refractivity contribution in [1.82, 2.24) is 10.2 Å². The van der Waals surface area contributed by atoms with E-state index in [0.29, 0.717) is 19.0 Å². The van der Waals surface area contributed by atoms with E-state index in [1.807, 2.05) is 23.1 Å². The lowest BCUT2D eigenvalue weighted by Crippen LogP contribution is -2.56. The number of amides is 1. The number of likely N-dealkylation sites (tertiary alicyclic amines) is 1. The van der Waals surface area contributed by atoms with Gasteiger partial charge < -0.3 is 10.0 Å². The molecule has 5 heteroatoms. The highest BCUT2D eigenvalue weighted by Crippen LogP contribution is 2.36. The minimum atomic E-state index is -0.413. The molecule has 1 spiro atoms. The molecular weight excluding hydrogens is 374 g/mol. The zero-order valence-electron chi connectivity index (χ0n) is 18.1. The number of aliphatic imine (C=N–C) groups is 1. The third-order valence-electron chi connectivity index (χ3n) is 6.45. The van der Waals surface area contributed by atoms with Crippen LogP contribution in [0, 0.1) is 0 Å². The van der Waals surface area contributed by atoms with Crippen LogP contribution in [0.15, 0.2) is 53.5 Å². The van der Waals surface area contributed by atoms with E-state index in [-0.39, 0.29) is 17.7 Å². The number of nitrogens with one attached hydrogen (secondary N) is 1. The summed E-state index contributed by atoms with van der Waals surface area (Å²) in [4.78, 5) is 18.8. The number of carbonyl (C=O) groups excluding carboxylic acids is 1. The average molecular weight is 406 g/mol. The second kappa shape index (κ2) is 8.23. The molecule has 2 aliphatic heterocycles. The highest BCUT2D eigenvalue weighted by atomic mass is 16.3. The summed E-state index contributed by atoms with van der Waals surface area (Å²) in [6, 6.07) is 16.4. The van der Waals surface area contributed by atoms with Gasteiger partial charge in [0.25, 0.3) is 0 Å². The Morgan fingerprint density at radius 2 is 1.80 bits per heavy atom. The quantitative estimate of drug-likeness (QED) is 0.797. The van der Waals surface area contributed by atoms with Gasteiger partial charge in [0.05, 0.1) is 0 Å². The van der Waals surface area contributed by atoms with Crippen LogP contribution in [0.3, 0.4) is 0 Å². The van der Waals surface area contributed by atoms with Gasteiger partial charge in [-0.25, -0.2) is 0 Å². The number of phenolic OH excluding ortho intramolecular Hbond substituents is 1. The number of rotatable bonds is 3. The topological polar surface area (TPSA) is 64.9 Å². The van der Waals surface area contributed by atoms with Gasteiger partial charge in [-0.3, -0.25) is 15.1 Å². The monoisotopic (exact) mass is 405 g/mol. The molecule has 1 amide bonds. The Labute approximate surface area is 178 Å². The van der Waals surface area contributed by atoms with Gasteiger partial charge in [-0.1, -0.05) is 50.2 Å². The number of para-hydroxylation sites is 1. The molecule has 2 heterocycles. The zero-order chi connectivity index (χ0) is 21.3. The number of hydrogen-bond donors (Lipinski definition) is 2. The number of carbonyl (C=O) groups is 1. The lowest BCUT2D eigenvalue weighted by atomic mass is 9.87. The van der Waals surface area contributed by atoms with Gasteiger partial charge in [0, 0.05) is 56.6 Å². The molecule has 5 nitrogen and oxygen atoms in total. The molecule has 30 heavy (non-hydrogen) atoms. The Balaban J connectivity index is 1.68. The van der Waals surface area contributed by atoms with E-state index >= 15 is 0 Å². The predicted octanol–water partition coefficient (Wildman–Crippen LogP) is 4.38. The third kappa shape index (κ3) is 4.12. The number of benzene rings is 2. The molecule has 0 aliphatic carbocycles. The van der Waals surface area contributed by atoms with Gasteiger partial charge >= 0.3 is 0 Å². The molecule has 2 aromatic rings. The van der Waals surface area contributed by atoms with Crippen molar-refractivity contribution in [3.8, 4) is 5.75 Å². The molecule has 0 aromatic heterocycles. The van der Waals surface area contributed by atoms with E-state index in [0.717, 1.165) is 30.5 Å². The van der Waals surface area contributed by atoms with Crippen molar-refractivity contribution in [2.75, 3.05) is 13.1 Å². The summed E-state index contributed by atoms with van der Waals surface area (Å²) >= 11 is 0. The molecule has 0 bridgehead atoms. The van der Waals surface area contributed by atoms with E-state index in [9.17, 15) is 9.90 Å². The van der Waals surface area contributed by atoms with Crippen molar-refractivity contribution in [2.45, 2.75) is 57.7 Å². The number of phenols is 1. The Kier molecular flexibility index (Phi) is 5.65. The van der Waals surface area contributed by atoms with Gasteiger partial charge in [0.15, 0.2) is 0 Å². The van der Waals surface area contributed by atoms with Gasteiger partial charge in [0.1, 0.15) is 11.4 Å². The van der Waals surface area contributed by atoms with Crippen LogP contribution in [0.1, 0.15) is 68.7 Å². The maximum atomic E-state index is 11.8. The minimum Gasteiger partial charge on any atom is -0.507 e. The van der Waals surface area contributed by atoms with Crippen LogP contribution in [0.2, 0.25) is 0 Å². The lowest BCUT2D eigenvalue weighted by Gasteiger charge is -2.45. The summed E-state index contributed by atoms with van der Waals surface area (Å²) in [5.41, 5.74) is 3.88. The zero-order valence-corrected chi connectivity index (χ0v) is 18.1. The van der Waals surface area contributed by atoms with Crippen molar-refractivity contribution in [1.29, 1.82) is 0 Å². The lowest BCUT2D eigenvalue weighted by molar-refractivity contribution is -0.130. The summed E-state index contributed by atoms with van der Waals surface area (Å²) in [6.45, 7) is 7.42. The van der Waals surface area contributed by atoms with E-state index in [1.54, 1.807) is 13.0 Å². The first-order valence-electron chi connectivity index (χ1n) is 10.9. The summed E-state index contributed by atoms with van der Waals surface area (Å²) in [7, 11) is 0. The number of hydrogen-bond acceptors (Lipinski definition) is 4. The second-order valence-corrected chi connectivity index (χ2v) is 8.84. The fourth-order valence-corrected chi connectivity index (χ4v) is 4.55. The minimum absolute atomic E-state index is 0.113. The number of piperidine rings is 1. The molecule has 1 atom stereocenters. The van der Waals surface area contributed by atoms with Gasteiger partial charge in [-0.05, 0) is 29.2 Å². The van der Waals surface area contributed by atoms with E-state index in [2.05, 4.69) is 43.4 Å². The van der Waals surface area contributed by atoms with E-state index in [1.165, 1.54) is 11.1 Å². The van der Waals surface area contributed by atoms with Gasteiger partial charge in [0.2, 0.25) is 5.91 Å². The van der Waals surface area contributed by atoms with E-state index < -0.39 is 5.66 Å². The molecule has 158 valence electrons. The molecule has 2 aromatic carbocycles. The van der Waals surface area contributed by atoms with Crippen molar-refractivity contribution in [3.05, 3.63) is 65.2 Å². The molecule has 1 fully saturated rings. The smallest absolute Gasteiger partial charge is 0.219 e. The molecule has 1 saturated heterocycles. The molecule has 2 N–H and O–H groups in total. The van der Waals surface area contributed by atoms with Crippen molar-refractivity contribution >= 4 is 11.6 Å². The number of nitrogens with zero attached hydrogens (tertiary/aromatic N) is 2. The maximum absolute atomic E-state index is 11.8. The SMILES string of the molecule is CC(=O)N1CCC2(CC1)N=C(c1ccccc1O)C[C@H](c1ccc(C(C)C)cc1)N2. The fourth-order valence-electron chi connectivity index (χ4n) is 4.55. The summed E-state index contributed by atoms with van der Waals surface area (Å²) in [6.07, 6.45) is 2.26. The van der Waals surface area contributed by atoms with Crippen LogP contribution in [0.25, 0.3) is 0 Å². The van der Waals surface area contributed by atoms with Gasteiger partial charge in [-0.2, -0.15) is 0 Å². The van der Waals surface area contributed by atoms with Crippen LogP contribution in [0.5, 0.6) is 5.75 Å². The number of aromatic hydroxyl groups is 1.